The number of methoxy groups -OCH3 is 1. The van der Waals surface area contributed by atoms with Crippen molar-refractivity contribution in [1.29, 1.82) is 0 Å². The lowest BCUT2D eigenvalue weighted by Gasteiger charge is -2.46. The summed E-state index contributed by atoms with van der Waals surface area (Å²) in [6.45, 7) is -0.710. The quantitative estimate of drug-likeness (QED) is 0.314. The fourth-order valence-corrected chi connectivity index (χ4v) is 6.52. The van der Waals surface area contributed by atoms with Crippen LogP contribution in [0.3, 0.4) is 0 Å². The number of ether oxygens (including phenoxy) is 2. The molecule has 3 aromatic rings. The van der Waals surface area contributed by atoms with Crippen LogP contribution < -0.4 is 4.90 Å². The van der Waals surface area contributed by atoms with Crippen LogP contribution in [0.1, 0.15) is 37.3 Å². The fraction of sp³-hybridized carbons (Fsp3) is 0.483. The molecule has 2 aliphatic rings. The summed E-state index contributed by atoms with van der Waals surface area (Å²) < 4.78 is 66.2. The number of amides is 1. The van der Waals surface area contributed by atoms with Crippen LogP contribution in [0.2, 0.25) is 10.0 Å². The van der Waals surface area contributed by atoms with Gasteiger partial charge in [0.1, 0.15) is 35.9 Å². The molecule has 5 unspecified atom stereocenters. The Morgan fingerprint density at radius 1 is 1.13 bits per heavy atom. The van der Waals surface area contributed by atoms with Gasteiger partial charge in [-0.25, -0.2) is 9.07 Å². The number of aromatic nitrogens is 3. The second kappa shape index (κ2) is 13.5. The Morgan fingerprint density at radius 3 is 2.42 bits per heavy atom. The van der Waals surface area contributed by atoms with Gasteiger partial charge in [0.25, 0.3) is 5.91 Å². The van der Waals surface area contributed by atoms with Crippen LogP contribution in [0.15, 0.2) is 42.6 Å². The number of halogens is 6. The van der Waals surface area contributed by atoms with Crippen LogP contribution in [0.5, 0.6) is 0 Å². The number of alkyl halides is 3. The van der Waals surface area contributed by atoms with E-state index in [9.17, 15) is 37.7 Å². The summed E-state index contributed by atoms with van der Waals surface area (Å²) in [5.41, 5.74) is -1.21. The second-order valence-electron chi connectivity index (χ2n) is 11.0. The van der Waals surface area contributed by atoms with Gasteiger partial charge in [-0.3, -0.25) is 4.79 Å². The average molecular weight is 677 g/mol. The van der Waals surface area contributed by atoms with Gasteiger partial charge in [-0.05, 0) is 43.2 Å². The normalized spacial score (nSPS) is 27.4. The second-order valence-corrected chi connectivity index (χ2v) is 11.9. The number of carbonyl (C=O) groups excluding carboxylic acids is 1. The van der Waals surface area contributed by atoms with Gasteiger partial charge in [0.2, 0.25) is 0 Å². The summed E-state index contributed by atoms with van der Waals surface area (Å²) in [5.74, 6) is -2.18. The molecule has 1 saturated carbocycles. The van der Waals surface area contributed by atoms with Crippen LogP contribution in [0.4, 0.5) is 23.2 Å². The standard InChI is InChI=1S/C29H30Cl2F4N4O6/c1-44-26-24(38-12-20(36-37-38)14-6-7-18(19(32)8-14)29(33,34)35)25(42)23(13-40)45-27(26)28(43)39(21-4-2-3-5-22(21)41)17-10-15(30)9-16(31)11-17/h6-12,21-27,40-42H,2-5,13H2,1H3/t21-,22-,23?,24?,25?,26?,27?/m0/s1. The van der Waals surface area contributed by atoms with Crippen LogP contribution in [-0.4, -0.2) is 86.5 Å². The highest BCUT2D eigenvalue weighted by molar-refractivity contribution is 6.35. The molecule has 1 aliphatic heterocycles. The van der Waals surface area contributed by atoms with Gasteiger partial charge in [0, 0.05) is 28.4 Å². The summed E-state index contributed by atoms with van der Waals surface area (Å²) >= 11 is 12.5. The Kier molecular flexibility index (Phi) is 10.0. The lowest BCUT2D eigenvalue weighted by atomic mass is 9.88. The zero-order valence-electron chi connectivity index (χ0n) is 23.7. The summed E-state index contributed by atoms with van der Waals surface area (Å²) in [7, 11) is 1.27. The van der Waals surface area contributed by atoms with E-state index in [4.69, 9.17) is 32.7 Å². The Labute approximate surface area is 265 Å². The van der Waals surface area contributed by atoms with E-state index in [0.29, 0.717) is 25.0 Å². The number of aliphatic hydroxyl groups excluding tert-OH is 3. The van der Waals surface area contributed by atoms with E-state index in [0.717, 1.165) is 23.6 Å². The molecule has 0 bridgehead atoms. The molecule has 5 rings (SSSR count). The van der Waals surface area contributed by atoms with Gasteiger partial charge >= 0.3 is 6.18 Å². The molecular weight excluding hydrogens is 647 g/mol. The third-order valence-electron chi connectivity index (χ3n) is 8.16. The highest BCUT2D eigenvalue weighted by Gasteiger charge is 2.52. The molecule has 3 N–H and O–H groups in total. The first-order valence-corrected chi connectivity index (χ1v) is 14.8. The van der Waals surface area contributed by atoms with Gasteiger partial charge in [-0.2, -0.15) is 13.2 Å². The van der Waals surface area contributed by atoms with Crippen molar-refractivity contribution in [3.8, 4) is 11.3 Å². The minimum absolute atomic E-state index is 0.0242. The molecular formula is C29H30Cl2F4N4O6. The Bertz CT molecular complexity index is 1510. The van der Waals surface area contributed by atoms with E-state index in [1.165, 1.54) is 36.4 Å². The fourth-order valence-electron chi connectivity index (χ4n) is 6.01. The maximum atomic E-state index is 14.4. The molecule has 244 valence electrons. The number of aliphatic hydroxyl groups is 3. The molecule has 2 heterocycles. The molecule has 0 spiro atoms. The van der Waals surface area contributed by atoms with Gasteiger partial charge in [0.15, 0.2) is 6.10 Å². The number of benzene rings is 2. The molecule has 1 saturated heterocycles. The van der Waals surface area contributed by atoms with Crippen molar-refractivity contribution in [3.05, 3.63) is 64.0 Å². The SMILES string of the molecule is COC1C(C(=O)N(c2cc(Cl)cc(Cl)c2)[C@H]2CCCC[C@@H]2O)OC(CO)C(O)C1n1cc(-c2ccc(C(F)(F)F)c(F)c2)nn1. The van der Waals surface area contributed by atoms with Crippen molar-refractivity contribution in [3.63, 3.8) is 0 Å². The monoisotopic (exact) mass is 676 g/mol. The minimum atomic E-state index is -4.89. The number of hydrogen-bond donors (Lipinski definition) is 3. The Hall–Kier alpha value is -2.85. The Morgan fingerprint density at radius 2 is 1.82 bits per heavy atom. The highest BCUT2D eigenvalue weighted by atomic mass is 35.5. The van der Waals surface area contributed by atoms with Crippen LogP contribution >= 0.6 is 23.2 Å². The molecule has 1 aromatic heterocycles. The maximum absolute atomic E-state index is 14.4. The van der Waals surface area contributed by atoms with E-state index in [1.54, 1.807) is 0 Å². The largest absolute Gasteiger partial charge is 0.419 e. The van der Waals surface area contributed by atoms with E-state index >= 15 is 0 Å². The summed E-state index contributed by atoms with van der Waals surface area (Å²) in [6, 6.07) is 4.89. The highest BCUT2D eigenvalue weighted by Crippen LogP contribution is 2.38. The number of nitrogens with zero attached hydrogens (tertiary/aromatic N) is 4. The number of anilines is 1. The van der Waals surface area contributed by atoms with Crippen molar-refractivity contribution in [2.24, 2.45) is 0 Å². The van der Waals surface area contributed by atoms with Crippen molar-refractivity contribution >= 4 is 34.8 Å². The predicted molar refractivity (Wildman–Crippen MR) is 154 cm³/mol. The van der Waals surface area contributed by atoms with Crippen molar-refractivity contribution in [1.82, 2.24) is 15.0 Å². The molecule has 2 aromatic carbocycles. The molecule has 2 fully saturated rings. The lowest BCUT2D eigenvalue weighted by molar-refractivity contribution is -0.211. The minimum Gasteiger partial charge on any atom is -0.394 e. The van der Waals surface area contributed by atoms with Gasteiger partial charge in [0.05, 0.1) is 30.5 Å². The molecule has 45 heavy (non-hydrogen) atoms. The number of carbonyl (C=O) groups is 1. The topological polar surface area (TPSA) is 130 Å². The van der Waals surface area contributed by atoms with Crippen LogP contribution in [-0.2, 0) is 20.4 Å². The average Bonchev–Trinajstić information content (AvgIpc) is 3.46. The first-order chi connectivity index (χ1) is 21.3. The van der Waals surface area contributed by atoms with E-state index in [1.807, 2.05) is 0 Å². The summed E-state index contributed by atoms with van der Waals surface area (Å²) in [5, 5.41) is 40.7. The number of rotatable bonds is 7. The van der Waals surface area contributed by atoms with Crippen molar-refractivity contribution < 1.29 is 47.1 Å². The molecule has 7 atom stereocenters. The zero-order chi connectivity index (χ0) is 32.6. The molecule has 1 aliphatic carbocycles. The van der Waals surface area contributed by atoms with Gasteiger partial charge in [-0.15, -0.1) is 5.10 Å². The van der Waals surface area contributed by atoms with Gasteiger partial charge < -0.3 is 29.7 Å². The first kappa shape index (κ1) is 33.5. The number of hydrogen-bond acceptors (Lipinski definition) is 8. The smallest absolute Gasteiger partial charge is 0.394 e. The lowest BCUT2D eigenvalue weighted by Crippen LogP contribution is -2.63. The molecule has 0 radical (unpaired) electrons. The predicted octanol–water partition coefficient (Wildman–Crippen LogP) is 4.42. The third-order valence-corrected chi connectivity index (χ3v) is 8.59. The van der Waals surface area contributed by atoms with E-state index in [2.05, 4.69) is 10.3 Å². The van der Waals surface area contributed by atoms with Gasteiger partial charge in [-0.1, -0.05) is 47.3 Å². The Balaban J connectivity index is 1.53. The third kappa shape index (κ3) is 6.82. The maximum Gasteiger partial charge on any atom is 0.419 e. The van der Waals surface area contributed by atoms with Crippen LogP contribution in [0, 0.1) is 5.82 Å². The van der Waals surface area contributed by atoms with Crippen molar-refractivity contribution in [2.75, 3.05) is 18.6 Å². The summed E-state index contributed by atoms with van der Waals surface area (Å²) in [4.78, 5) is 15.8. The van der Waals surface area contributed by atoms with Crippen LogP contribution in [0.25, 0.3) is 11.3 Å². The van der Waals surface area contributed by atoms with E-state index < -0.39 is 72.7 Å². The molecule has 10 nitrogen and oxygen atoms in total. The van der Waals surface area contributed by atoms with Crippen molar-refractivity contribution in [2.45, 2.75) is 74.5 Å². The first-order valence-electron chi connectivity index (χ1n) is 14.1. The molecule has 16 heteroatoms. The van der Waals surface area contributed by atoms with E-state index in [-0.39, 0.29) is 27.0 Å². The summed E-state index contributed by atoms with van der Waals surface area (Å²) in [6.07, 6.45) is -7.69. The molecule has 1 amide bonds. The zero-order valence-corrected chi connectivity index (χ0v) is 25.3.